The molecular formula is C10H10N4O2. The molecule has 0 aliphatic carbocycles. The number of amides is 1. The Morgan fingerprint density at radius 1 is 1.50 bits per heavy atom. The molecule has 0 saturated heterocycles. The number of carbonyl (C=O) groups excluding carboxylic acids is 1. The second-order valence-corrected chi connectivity index (χ2v) is 3.08. The van der Waals surface area contributed by atoms with Crippen LogP contribution < -0.4 is 10.5 Å². The number of rotatable bonds is 3. The Kier molecular flexibility index (Phi) is 2.55. The van der Waals surface area contributed by atoms with Crippen LogP contribution in [0.25, 0.3) is 5.82 Å². The molecule has 0 bridgehead atoms. The van der Waals surface area contributed by atoms with E-state index in [4.69, 9.17) is 10.5 Å². The van der Waals surface area contributed by atoms with Gasteiger partial charge in [-0.2, -0.15) is 10.1 Å². The number of pyridine rings is 1. The molecule has 0 spiro atoms. The van der Waals surface area contributed by atoms with Gasteiger partial charge in [-0.1, -0.05) is 6.07 Å². The van der Waals surface area contributed by atoms with Crippen molar-refractivity contribution in [3.8, 4) is 11.7 Å². The van der Waals surface area contributed by atoms with E-state index in [1.807, 2.05) is 0 Å². The predicted molar refractivity (Wildman–Crippen MR) is 56.4 cm³/mol. The SMILES string of the molecule is COc1cccc(-n2cc(C(N)=O)cn2)n1. The molecule has 0 fully saturated rings. The number of aromatic nitrogens is 3. The number of hydrogen-bond donors (Lipinski definition) is 1. The van der Waals surface area contributed by atoms with E-state index in [0.29, 0.717) is 17.3 Å². The molecule has 82 valence electrons. The van der Waals surface area contributed by atoms with E-state index in [1.54, 1.807) is 18.2 Å². The van der Waals surface area contributed by atoms with Crippen LogP contribution in [0, 0.1) is 0 Å². The lowest BCUT2D eigenvalue weighted by Crippen LogP contribution is -2.09. The molecule has 2 aromatic rings. The van der Waals surface area contributed by atoms with Gasteiger partial charge in [-0.3, -0.25) is 4.79 Å². The van der Waals surface area contributed by atoms with E-state index < -0.39 is 5.91 Å². The summed E-state index contributed by atoms with van der Waals surface area (Å²) in [5.41, 5.74) is 5.46. The lowest BCUT2D eigenvalue weighted by molar-refractivity contribution is 0.100. The minimum absolute atomic E-state index is 0.338. The molecule has 16 heavy (non-hydrogen) atoms. The molecule has 0 aliphatic heterocycles. The first-order valence-electron chi connectivity index (χ1n) is 4.56. The number of hydrogen-bond acceptors (Lipinski definition) is 4. The van der Waals surface area contributed by atoms with Crippen LogP contribution in [0.5, 0.6) is 5.88 Å². The monoisotopic (exact) mass is 218 g/mol. The van der Waals surface area contributed by atoms with E-state index in [1.165, 1.54) is 24.2 Å². The Morgan fingerprint density at radius 2 is 2.31 bits per heavy atom. The van der Waals surface area contributed by atoms with Crippen molar-refractivity contribution >= 4 is 5.91 Å². The Hall–Kier alpha value is -2.37. The Bertz CT molecular complexity index is 521. The number of primary amides is 1. The zero-order chi connectivity index (χ0) is 11.5. The van der Waals surface area contributed by atoms with Crippen molar-refractivity contribution in [2.45, 2.75) is 0 Å². The summed E-state index contributed by atoms with van der Waals surface area (Å²) < 4.78 is 6.45. The zero-order valence-electron chi connectivity index (χ0n) is 8.62. The topological polar surface area (TPSA) is 83.0 Å². The fraction of sp³-hybridized carbons (Fsp3) is 0.100. The van der Waals surface area contributed by atoms with E-state index >= 15 is 0 Å². The predicted octanol–water partition coefficient (Wildman–Crippen LogP) is 0.375. The highest BCUT2D eigenvalue weighted by Gasteiger charge is 2.06. The molecule has 6 heteroatoms. The third kappa shape index (κ3) is 1.85. The normalized spacial score (nSPS) is 10.1. The van der Waals surface area contributed by atoms with E-state index in [-0.39, 0.29) is 0 Å². The molecule has 2 heterocycles. The molecule has 0 unspecified atom stereocenters. The standard InChI is InChI=1S/C10H10N4O2/c1-16-9-4-2-3-8(13-9)14-6-7(5-12-14)10(11)15/h2-6H,1H3,(H2,11,15). The molecule has 6 nitrogen and oxygen atoms in total. The maximum Gasteiger partial charge on any atom is 0.251 e. The van der Waals surface area contributed by atoms with Gasteiger partial charge in [0.2, 0.25) is 5.88 Å². The lowest BCUT2D eigenvalue weighted by Gasteiger charge is -2.02. The number of nitrogens with two attached hydrogens (primary N) is 1. The fourth-order valence-corrected chi connectivity index (χ4v) is 1.22. The molecule has 1 amide bonds. The van der Waals surface area contributed by atoms with Crippen LogP contribution in [-0.2, 0) is 0 Å². The summed E-state index contributed by atoms with van der Waals surface area (Å²) in [5, 5.41) is 3.98. The van der Waals surface area contributed by atoms with Gasteiger partial charge in [0, 0.05) is 12.3 Å². The van der Waals surface area contributed by atoms with Gasteiger partial charge in [-0.15, -0.1) is 0 Å². The van der Waals surface area contributed by atoms with Crippen LogP contribution in [0.3, 0.4) is 0 Å². The molecule has 2 N–H and O–H groups in total. The quantitative estimate of drug-likeness (QED) is 0.807. The van der Waals surface area contributed by atoms with Crippen LogP contribution in [-0.4, -0.2) is 27.8 Å². The largest absolute Gasteiger partial charge is 0.481 e. The van der Waals surface area contributed by atoms with Crippen molar-refractivity contribution in [2.75, 3.05) is 7.11 Å². The van der Waals surface area contributed by atoms with Gasteiger partial charge in [0.25, 0.3) is 5.91 Å². The van der Waals surface area contributed by atoms with Crippen molar-refractivity contribution in [1.82, 2.24) is 14.8 Å². The summed E-state index contributed by atoms with van der Waals surface area (Å²) in [6.07, 6.45) is 2.91. The van der Waals surface area contributed by atoms with Crippen LogP contribution in [0.4, 0.5) is 0 Å². The van der Waals surface area contributed by atoms with Gasteiger partial charge in [0.15, 0.2) is 5.82 Å². The minimum Gasteiger partial charge on any atom is -0.481 e. The van der Waals surface area contributed by atoms with Crippen molar-refractivity contribution in [1.29, 1.82) is 0 Å². The maximum absolute atomic E-state index is 10.9. The summed E-state index contributed by atoms with van der Waals surface area (Å²) in [6, 6.07) is 5.26. The minimum atomic E-state index is -0.519. The van der Waals surface area contributed by atoms with E-state index in [9.17, 15) is 4.79 Å². The van der Waals surface area contributed by atoms with Crippen LogP contribution in [0.15, 0.2) is 30.6 Å². The summed E-state index contributed by atoms with van der Waals surface area (Å²) in [5.74, 6) is 0.523. The molecule has 2 rings (SSSR count). The van der Waals surface area contributed by atoms with Crippen molar-refractivity contribution in [3.05, 3.63) is 36.2 Å². The van der Waals surface area contributed by atoms with Crippen LogP contribution in [0.1, 0.15) is 10.4 Å². The zero-order valence-corrected chi connectivity index (χ0v) is 8.62. The number of carbonyl (C=O) groups is 1. The van der Waals surface area contributed by atoms with Crippen LogP contribution >= 0.6 is 0 Å². The second-order valence-electron chi connectivity index (χ2n) is 3.08. The summed E-state index contributed by atoms with van der Waals surface area (Å²) in [7, 11) is 1.53. The summed E-state index contributed by atoms with van der Waals surface area (Å²) >= 11 is 0. The Morgan fingerprint density at radius 3 is 2.94 bits per heavy atom. The van der Waals surface area contributed by atoms with Crippen LogP contribution in [0.2, 0.25) is 0 Å². The molecule has 0 saturated carbocycles. The molecule has 0 aliphatic rings. The van der Waals surface area contributed by atoms with Gasteiger partial charge >= 0.3 is 0 Å². The smallest absolute Gasteiger partial charge is 0.251 e. The highest BCUT2D eigenvalue weighted by atomic mass is 16.5. The Labute approximate surface area is 91.7 Å². The van der Waals surface area contributed by atoms with Gasteiger partial charge in [-0.25, -0.2) is 4.68 Å². The second kappa shape index (κ2) is 4.01. The third-order valence-corrected chi connectivity index (χ3v) is 2.02. The number of methoxy groups -OCH3 is 1. The first-order chi connectivity index (χ1) is 7.70. The van der Waals surface area contributed by atoms with Gasteiger partial charge in [0.1, 0.15) is 0 Å². The maximum atomic E-state index is 10.9. The highest BCUT2D eigenvalue weighted by molar-refractivity contribution is 5.92. The molecule has 0 aromatic carbocycles. The average molecular weight is 218 g/mol. The van der Waals surface area contributed by atoms with Crippen molar-refractivity contribution < 1.29 is 9.53 Å². The van der Waals surface area contributed by atoms with Gasteiger partial charge in [-0.05, 0) is 6.07 Å². The first-order valence-corrected chi connectivity index (χ1v) is 4.56. The first kappa shape index (κ1) is 10.2. The molecular weight excluding hydrogens is 208 g/mol. The highest BCUT2D eigenvalue weighted by Crippen LogP contribution is 2.10. The Balaban J connectivity index is 2.38. The molecule has 2 aromatic heterocycles. The fourth-order valence-electron chi connectivity index (χ4n) is 1.22. The van der Waals surface area contributed by atoms with Gasteiger partial charge in [0.05, 0.1) is 18.9 Å². The summed E-state index contributed by atoms with van der Waals surface area (Å²) in [6.45, 7) is 0. The van der Waals surface area contributed by atoms with E-state index in [2.05, 4.69) is 10.1 Å². The summed E-state index contributed by atoms with van der Waals surface area (Å²) in [4.78, 5) is 15.1. The molecule has 0 radical (unpaired) electrons. The lowest BCUT2D eigenvalue weighted by atomic mass is 10.3. The third-order valence-electron chi connectivity index (χ3n) is 2.02. The van der Waals surface area contributed by atoms with Crippen molar-refractivity contribution in [2.24, 2.45) is 5.73 Å². The number of ether oxygens (including phenoxy) is 1. The molecule has 0 atom stereocenters. The van der Waals surface area contributed by atoms with Crippen molar-refractivity contribution in [3.63, 3.8) is 0 Å². The average Bonchev–Trinajstić information content (AvgIpc) is 2.78. The van der Waals surface area contributed by atoms with E-state index in [0.717, 1.165) is 0 Å². The number of nitrogens with zero attached hydrogens (tertiary/aromatic N) is 3. The van der Waals surface area contributed by atoms with Gasteiger partial charge < -0.3 is 10.5 Å².